The van der Waals surface area contributed by atoms with Crippen molar-refractivity contribution in [2.45, 2.75) is 25.7 Å². The van der Waals surface area contributed by atoms with Crippen LogP contribution in [0.25, 0.3) is 0 Å². The maximum atomic E-state index is 12.9. The number of anilines is 1. The van der Waals surface area contributed by atoms with Crippen molar-refractivity contribution in [3.05, 3.63) is 65.2 Å². The molecule has 1 heterocycles. The van der Waals surface area contributed by atoms with Gasteiger partial charge in [0.05, 0.1) is 6.61 Å². The van der Waals surface area contributed by atoms with Crippen molar-refractivity contribution in [2.24, 2.45) is 0 Å². The van der Waals surface area contributed by atoms with Gasteiger partial charge in [-0.2, -0.15) is 0 Å². The third-order valence-electron chi connectivity index (χ3n) is 5.21. The summed E-state index contributed by atoms with van der Waals surface area (Å²) in [6.45, 7) is 4.43. The Kier molecular flexibility index (Phi) is 5.94. The molecule has 26 heavy (non-hydrogen) atoms. The summed E-state index contributed by atoms with van der Waals surface area (Å²) in [6, 6.07) is 16.3. The van der Waals surface area contributed by atoms with Gasteiger partial charge in [0.15, 0.2) is 0 Å². The molecule has 1 unspecified atom stereocenters. The second kappa shape index (κ2) is 8.37. The molecule has 0 radical (unpaired) electrons. The second-order valence-corrected chi connectivity index (χ2v) is 7.20. The molecule has 1 saturated heterocycles. The van der Waals surface area contributed by atoms with Crippen molar-refractivity contribution in [2.75, 3.05) is 38.2 Å². The first-order chi connectivity index (χ1) is 12.6. The average molecular weight is 352 g/mol. The van der Waals surface area contributed by atoms with Gasteiger partial charge in [0, 0.05) is 43.9 Å². The fourth-order valence-electron chi connectivity index (χ4n) is 3.68. The van der Waals surface area contributed by atoms with E-state index in [9.17, 15) is 4.79 Å². The molecule has 2 aromatic carbocycles. The summed E-state index contributed by atoms with van der Waals surface area (Å²) in [5.74, 6) is 0.529. The molecule has 0 aromatic heterocycles. The molecule has 1 amide bonds. The number of aryl methyl sites for hydroxylation is 1. The van der Waals surface area contributed by atoms with E-state index in [0.29, 0.717) is 12.5 Å². The Morgan fingerprint density at radius 2 is 2.00 bits per heavy atom. The molecule has 4 nitrogen and oxygen atoms in total. The summed E-state index contributed by atoms with van der Waals surface area (Å²) >= 11 is 0. The maximum Gasteiger partial charge on any atom is 0.253 e. The van der Waals surface area contributed by atoms with Crippen molar-refractivity contribution >= 4 is 11.6 Å². The van der Waals surface area contributed by atoms with Crippen LogP contribution < -0.4 is 4.90 Å². The van der Waals surface area contributed by atoms with E-state index in [4.69, 9.17) is 5.11 Å². The van der Waals surface area contributed by atoms with Crippen LogP contribution in [0.2, 0.25) is 0 Å². The van der Waals surface area contributed by atoms with Crippen LogP contribution >= 0.6 is 0 Å². The molecule has 1 atom stereocenters. The number of piperidine rings is 1. The smallest absolute Gasteiger partial charge is 0.253 e. The number of benzene rings is 2. The van der Waals surface area contributed by atoms with E-state index < -0.39 is 0 Å². The molecule has 1 aliphatic rings. The van der Waals surface area contributed by atoms with Crippen molar-refractivity contribution in [1.29, 1.82) is 0 Å². The lowest BCUT2D eigenvalue weighted by atomic mass is 9.89. The first-order valence-electron chi connectivity index (χ1n) is 9.36. The zero-order valence-corrected chi connectivity index (χ0v) is 15.7. The molecular formula is C22H28N2O2. The number of amides is 1. The third kappa shape index (κ3) is 4.25. The third-order valence-corrected chi connectivity index (χ3v) is 5.21. The Bertz CT molecular complexity index is 742. The minimum Gasteiger partial charge on any atom is -0.395 e. The molecule has 0 saturated carbocycles. The number of nitrogens with zero attached hydrogens (tertiary/aromatic N) is 2. The molecule has 1 aliphatic heterocycles. The number of aliphatic hydroxyl groups excluding tert-OH is 1. The fourth-order valence-corrected chi connectivity index (χ4v) is 3.68. The van der Waals surface area contributed by atoms with Gasteiger partial charge < -0.3 is 14.9 Å². The minimum absolute atomic E-state index is 0.110. The lowest BCUT2D eigenvalue weighted by Crippen LogP contribution is -2.39. The Balaban J connectivity index is 1.69. The van der Waals surface area contributed by atoms with E-state index >= 15 is 0 Å². The Hall–Kier alpha value is -2.33. The highest BCUT2D eigenvalue weighted by molar-refractivity contribution is 5.94. The molecule has 1 fully saturated rings. The van der Waals surface area contributed by atoms with Gasteiger partial charge in [0.2, 0.25) is 0 Å². The lowest BCUT2D eigenvalue weighted by Gasteiger charge is -2.33. The molecule has 138 valence electrons. The van der Waals surface area contributed by atoms with Gasteiger partial charge >= 0.3 is 0 Å². The van der Waals surface area contributed by atoms with E-state index in [1.165, 1.54) is 11.1 Å². The number of hydrogen-bond donors (Lipinski definition) is 1. The molecule has 0 aliphatic carbocycles. The van der Waals surface area contributed by atoms with Crippen LogP contribution in [-0.2, 0) is 0 Å². The van der Waals surface area contributed by atoms with Gasteiger partial charge in [-0.1, -0.05) is 29.8 Å². The van der Waals surface area contributed by atoms with E-state index in [1.807, 2.05) is 41.1 Å². The number of carbonyl (C=O) groups excluding carboxylic acids is 1. The van der Waals surface area contributed by atoms with Crippen LogP contribution in [0, 0.1) is 6.92 Å². The summed E-state index contributed by atoms with van der Waals surface area (Å²) in [7, 11) is 1.93. The Labute approximate surface area is 156 Å². The van der Waals surface area contributed by atoms with Gasteiger partial charge in [-0.3, -0.25) is 4.79 Å². The summed E-state index contributed by atoms with van der Waals surface area (Å²) in [6.07, 6.45) is 2.18. The zero-order valence-electron chi connectivity index (χ0n) is 15.7. The largest absolute Gasteiger partial charge is 0.395 e. The van der Waals surface area contributed by atoms with E-state index in [0.717, 1.165) is 37.2 Å². The normalized spacial score (nSPS) is 17.2. The standard InChI is InChI=1S/C22H28N2O2/c1-17-5-3-6-19(15-17)20-7-4-12-24(16-20)22(26)18-8-10-21(11-9-18)23(2)13-14-25/h3,5-6,8-11,15,20,25H,4,7,12-14,16H2,1-2H3. The van der Waals surface area contributed by atoms with Crippen molar-refractivity contribution < 1.29 is 9.90 Å². The fraction of sp³-hybridized carbons (Fsp3) is 0.409. The van der Waals surface area contributed by atoms with Crippen molar-refractivity contribution in [1.82, 2.24) is 4.90 Å². The first kappa shape index (κ1) is 18.5. The van der Waals surface area contributed by atoms with Crippen molar-refractivity contribution in [3.63, 3.8) is 0 Å². The van der Waals surface area contributed by atoms with Crippen LogP contribution in [0.1, 0.15) is 40.2 Å². The Morgan fingerprint density at radius 1 is 1.23 bits per heavy atom. The lowest BCUT2D eigenvalue weighted by molar-refractivity contribution is 0.0707. The molecule has 3 rings (SSSR count). The zero-order chi connectivity index (χ0) is 18.5. The minimum atomic E-state index is 0.110. The quantitative estimate of drug-likeness (QED) is 0.896. The summed E-state index contributed by atoms with van der Waals surface area (Å²) in [5.41, 5.74) is 4.35. The first-order valence-corrected chi connectivity index (χ1v) is 9.36. The Morgan fingerprint density at radius 3 is 2.69 bits per heavy atom. The van der Waals surface area contributed by atoms with E-state index in [-0.39, 0.29) is 12.5 Å². The topological polar surface area (TPSA) is 43.8 Å². The van der Waals surface area contributed by atoms with Gasteiger partial charge in [0.25, 0.3) is 5.91 Å². The number of rotatable bonds is 5. The van der Waals surface area contributed by atoms with E-state index in [2.05, 4.69) is 31.2 Å². The number of carbonyl (C=O) groups is 1. The van der Waals surface area contributed by atoms with Crippen LogP contribution in [-0.4, -0.2) is 49.2 Å². The molecule has 0 bridgehead atoms. The molecule has 1 N–H and O–H groups in total. The maximum absolute atomic E-state index is 12.9. The van der Waals surface area contributed by atoms with Gasteiger partial charge in [-0.25, -0.2) is 0 Å². The van der Waals surface area contributed by atoms with Crippen LogP contribution in [0.15, 0.2) is 48.5 Å². The average Bonchev–Trinajstić information content (AvgIpc) is 2.68. The van der Waals surface area contributed by atoms with E-state index in [1.54, 1.807) is 0 Å². The van der Waals surface area contributed by atoms with Gasteiger partial charge in [-0.05, 0) is 49.6 Å². The highest BCUT2D eigenvalue weighted by Crippen LogP contribution is 2.28. The van der Waals surface area contributed by atoms with Gasteiger partial charge in [-0.15, -0.1) is 0 Å². The summed E-state index contributed by atoms with van der Waals surface area (Å²) in [4.78, 5) is 16.9. The van der Waals surface area contributed by atoms with Crippen molar-refractivity contribution in [3.8, 4) is 0 Å². The summed E-state index contributed by atoms with van der Waals surface area (Å²) < 4.78 is 0. The number of likely N-dealkylation sites (N-methyl/N-ethyl adjacent to an activating group) is 1. The number of aliphatic hydroxyl groups is 1. The van der Waals surface area contributed by atoms with Gasteiger partial charge in [0.1, 0.15) is 0 Å². The SMILES string of the molecule is Cc1cccc(C2CCCN(C(=O)c3ccc(N(C)CCO)cc3)C2)c1. The summed E-state index contributed by atoms with van der Waals surface area (Å²) in [5, 5.41) is 9.04. The molecule has 0 spiro atoms. The highest BCUT2D eigenvalue weighted by Gasteiger charge is 2.25. The van der Waals surface area contributed by atoms with Crippen LogP contribution in [0.3, 0.4) is 0 Å². The molecule has 2 aromatic rings. The van der Waals surface area contributed by atoms with Crippen LogP contribution in [0.4, 0.5) is 5.69 Å². The second-order valence-electron chi connectivity index (χ2n) is 7.20. The van der Waals surface area contributed by atoms with Crippen LogP contribution in [0.5, 0.6) is 0 Å². The molecule has 4 heteroatoms. The molecular weight excluding hydrogens is 324 g/mol. The monoisotopic (exact) mass is 352 g/mol. The number of likely N-dealkylation sites (tertiary alicyclic amines) is 1. The predicted octanol–water partition coefficient (Wildman–Crippen LogP) is 3.44. The highest BCUT2D eigenvalue weighted by atomic mass is 16.3. The predicted molar refractivity (Wildman–Crippen MR) is 106 cm³/mol. The number of hydrogen-bond acceptors (Lipinski definition) is 3.